The van der Waals surface area contributed by atoms with E-state index in [0.29, 0.717) is 29.9 Å². The van der Waals surface area contributed by atoms with E-state index in [1.807, 2.05) is 6.07 Å². The lowest BCUT2D eigenvalue weighted by Crippen LogP contribution is -2.17. The van der Waals surface area contributed by atoms with Gasteiger partial charge in [-0.25, -0.2) is 0 Å². The molecule has 4 heteroatoms. The van der Waals surface area contributed by atoms with Gasteiger partial charge in [-0.05, 0) is 30.4 Å². The van der Waals surface area contributed by atoms with Crippen molar-refractivity contribution in [1.82, 2.24) is 0 Å². The van der Waals surface area contributed by atoms with Crippen molar-refractivity contribution in [2.24, 2.45) is 11.7 Å². The molecule has 18 heavy (non-hydrogen) atoms. The van der Waals surface area contributed by atoms with Crippen molar-refractivity contribution in [1.29, 1.82) is 0 Å². The summed E-state index contributed by atoms with van der Waals surface area (Å²) in [4.78, 5) is 0. The first-order valence-corrected chi connectivity index (χ1v) is 6.80. The summed E-state index contributed by atoms with van der Waals surface area (Å²) in [6.45, 7) is 5.54. The number of fused-ring (bicyclic) bond motifs is 1. The number of hydrogen-bond donors (Lipinski definition) is 1. The average molecular weight is 270 g/mol. The fourth-order valence-electron chi connectivity index (χ4n) is 2.03. The SMILES string of the molecule is CC(C)CCC(N)c1cc2c(cc1Cl)OCCO2. The zero-order chi connectivity index (χ0) is 13.1. The molecule has 0 saturated heterocycles. The van der Waals surface area contributed by atoms with Gasteiger partial charge in [-0.15, -0.1) is 0 Å². The highest BCUT2D eigenvalue weighted by atomic mass is 35.5. The van der Waals surface area contributed by atoms with Crippen LogP contribution in [0, 0.1) is 5.92 Å². The van der Waals surface area contributed by atoms with Crippen molar-refractivity contribution < 1.29 is 9.47 Å². The van der Waals surface area contributed by atoms with Crippen LogP contribution in [0.2, 0.25) is 5.02 Å². The average Bonchev–Trinajstić information content (AvgIpc) is 2.35. The van der Waals surface area contributed by atoms with Crippen molar-refractivity contribution in [2.45, 2.75) is 32.7 Å². The molecule has 1 aliphatic heterocycles. The molecule has 1 unspecified atom stereocenters. The number of nitrogens with two attached hydrogens (primary N) is 1. The van der Waals surface area contributed by atoms with Gasteiger partial charge in [0.2, 0.25) is 0 Å². The molecule has 0 radical (unpaired) electrons. The van der Waals surface area contributed by atoms with Gasteiger partial charge < -0.3 is 15.2 Å². The van der Waals surface area contributed by atoms with E-state index < -0.39 is 0 Å². The maximum absolute atomic E-state index is 6.26. The van der Waals surface area contributed by atoms with Gasteiger partial charge >= 0.3 is 0 Å². The number of halogens is 1. The molecule has 0 aromatic heterocycles. The van der Waals surface area contributed by atoms with Gasteiger partial charge in [-0.2, -0.15) is 0 Å². The van der Waals surface area contributed by atoms with E-state index in [4.69, 9.17) is 26.8 Å². The van der Waals surface area contributed by atoms with Crippen molar-refractivity contribution >= 4 is 11.6 Å². The number of rotatable bonds is 4. The van der Waals surface area contributed by atoms with E-state index in [0.717, 1.165) is 24.2 Å². The summed E-state index contributed by atoms with van der Waals surface area (Å²) in [6.07, 6.45) is 2.02. The minimum absolute atomic E-state index is 0.0456. The Hall–Kier alpha value is -0.930. The summed E-state index contributed by atoms with van der Waals surface area (Å²) in [5.74, 6) is 2.11. The van der Waals surface area contributed by atoms with Gasteiger partial charge in [-0.3, -0.25) is 0 Å². The monoisotopic (exact) mass is 269 g/mol. The number of ether oxygens (including phenoxy) is 2. The van der Waals surface area contributed by atoms with Gasteiger partial charge in [0.05, 0.1) is 0 Å². The van der Waals surface area contributed by atoms with E-state index in [1.165, 1.54) is 0 Å². The Morgan fingerprint density at radius 2 is 1.78 bits per heavy atom. The summed E-state index contributed by atoms with van der Waals surface area (Å²) in [5, 5.41) is 0.663. The Kier molecular flexibility index (Phi) is 4.36. The zero-order valence-electron chi connectivity index (χ0n) is 10.9. The van der Waals surface area contributed by atoms with Crippen molar-refractivity contribution in [2.75, 3.05) is 13.2 Å². The lowest BCUT2D eigenvalue weighted by atomic mass is 9.98. The third-order valence-electron chi connectivity index (χ3n) is 3.12. The molecule has 1 aromatic carbocycles. The third kappa shape index (κ3) is 3.09. The minimum Gasteiger partial charge on any atom is -0.486 e. The van der Waals surface area contributed by atoms with Gasteiger partial charge in [-0.1, -0.05) is 25.4 Å². The van der Waals surface area contributed by atoms with Crippen LogP contribution in [0.3, 0.4) is 0 Å². The van der Waals surface area contributed by atoms with Crippen LogP contribution in [0.25, 0.3) is 0 Å². The standard InChI is InChI=1S/C14H20ClNO2/c1-9(2)3-4-12(16)10-7-13-14(8-11(10)15)18-6-5-17-13/h7-9,12H,3-6,16H2,1-2H3. The molecule has 2 rings (SSSR count). The highest BCUT2D eigenvalue weighted by Crippen LogP contribution is 2.38. The molecule has 1 atom stereocenters. The van der Waals surface area contributed by atoms with E-state index in [2.05, 4.69) is 13.8 Å². The van der Waals surface area contributed by atoms with Crippen LogP contribution in [-0.4, -0.2) is 13.2 Å². The van der Waals surface area contributed by atoms with Gasteiger partial charge in [0.15, 0.2) is 11.5 Å². The highest BCUT2D eigenvalue weighted by Gasteiger charge is 2.18. The minimum atomic E-state index is -0.0456. The largest absolute Gasteiger partial charge is 0.486 e. The Morgan fingerprint density at radius 1 is 1.17 bits per heavy atom. The molecule has 0 fully saturated rings. The molecule has 100 valence electrons. The third-order valence-corrected chi connectivity index (χ3v) is 3.44. The van der Waals surface area contributed by atoms with Crippen LogP contribution in [0.1, 0.15) is 38.3 Å². The van der Waals surface area contributed by atoms with Crippen molar-refractivity contribution in [3.05, 3.63) is 22.7 Å². The quantitative estimate of drug-likeness (QED) is 0.909. The Balaban J connectivity index is 2.17. The number of benzene rings is 1. The molecule has 0 amide bonds. The maximum atomic E-state index is 6.26. The normalized spacial score (nSPS) is 15.8. The summed E-state index contributed by atoms with van der Waals surface area (Å²) >= 11 is 6.26. The smallest absolute Gasteiger partial charge is 0.162 e. The molecular weight excluding hydrogens is 250 g/mol. The topological polar surface area (TPSA) is 44.5 Å². The first-order chi connectivity index (χ1) is 8.58. The van der Waals surface area contributed by atoms with E-state index >= 15 is 0 Å². The summed E-state index contributed by atoms with van der Waals surface area (Å²) in [5.41, 5.74) is 7.14. The summed E-state index contributed by atoms with van der Waals surface area (Å²) in [6, 6.07) is 3.68. The first kappa shape index (κ1) is 13.5. The summed E-state index contributed by atoms with van der Waals surface area (Å²) in [7, 11) is 0. The van der Waals surface area contributed by atoms with Crippen LogP contribution in [0.15, 0.2) is 12.1 Å². The van der Waals surface area contributed by atoms with Crippen molar-refractivity contribution in [3.8, 4) is 11.5 Å². The predicted molar refractivity (Wildman–Crippen MR) is 73.4 cm³/mol. The molecule has 1 heterocycles. The second-order valence-corrected chi connectivity index (χ2v) is 5.50. The highest BCUT2D eigenvalue weighted by molar-refractivity contribution is 6.31. The van der Waals surface area contributed by atoms with Crippen LogP contribution in [0.5, 0.6) is 11.5 Å². The molecule has 1 aliphatic rings. The zero-order valence-corrected chi connectivity index (χ0v) is 11.7. The van der Waals surface area contributed by atoms with E-state index in [1.54, 1.807) is 6.07 Å². The van der Waals surface area contributed by atoms with Gasteiger partial charge in [0, 0.05) is 17.1 Å². The van der Waals surface area contributed by atoms with E-state index in [-0.39, 0.29) is 6.04 Å². The molecule has 0 spiro atoms. The van der Waals surface area contributed by atoms with Gasteiger partial charge in [0.1, 0.15) is 13.2 Å². The Morgan fingerprint density at radius 3 is 2.39 bits per heavy atom. The molecule has 0 bridgehead atoms. The van der Waals surface area contributed by atoms with Gasteiger partial charge in [0.25, 0.3) is 0 Å². The second kappa shape index (κ2) is 5.81. The van der Waals surface area contributed by atoms with Crippen LogP contribution in [0.4, 0.5) is 0 Å². The second-order valence-electron chi connectivity index (χ2n) is 5.10. The first-order valence-electron chi connectivity index (χ1n) is 6.42. The molecule has 2 N–H and O–H groups in total. The lowest BCUT2D eigenvalue weighted by molar-refractivity contribution is 0.171. The van der Waals surface area contributed by atoms with Crippen LogP contribution in [-0.2, 0) is 0 Å². The predicted octanol–water partition coefficient (Wildman–Crippen LogP) is 3.55. The molecular formula is C14H20ClNO2. The molecule has 3 nitrogen and oxygen atoms in total. The summed E-state index contributed by atoms with van der Waals surface area (Å²) < 4.78 is 11.0. The Bertz CT molecular complexity index is 421. The molecule has 1 aromatic rings. The number of hydrogen-bond acceptors (Lipinski definition) is 3. The van der Waals surface area contributed by atoms with Crippen LogP contribution < -0.4 is 15.2 Å². The maximum Gasteiger partial charge on any atom is 0.162 e. The van der Waals surface area contributed by atoms with Crippen molar-refractivity contribution in [3.63, 3.8) is 0 Å². The van der Waals surface area contributed by atoms with Crippen LogP contribution >= 0.6 is 11.6 Å². The fraction of sp³-hybridized carbons (Fsp3) is 0.571. The Labute approximate surface area is 113 Å². The molecule has 0 saturated carbocycles. The fourth-order valence-corrected chi connectivity index (χ4v) is 2.33. The van der Waals surface area contributed by atoms with E-state index in [9.17, 15) is 0 Å². The molecule has 0 aliphatic carbocycles. The lowest BCUT2D eigenvalue weighted by Gasteiger charge is -2.22.